The molecule has 1 fully saturated rings. The Bertz CT molecular complexity index is 1170. The number of hydrogen-bond acceptors (Lipinski definition) is 6. The average molecular weight is 453 g/mol. The summed E-state index contributed by atoms with van der Waals surface area (Å²) in [5, 5.41) is 0.907. The summed E-state index contributed by atoms with van der Waals surface area (Å²) in [6.07, 6.45) is 1.75. The molecule has 4 rings (SSSR count). The van der Waals surface area contributed by atoms with Gasteiger partial charge in [-0.1, -0.05) is 18.2 Å². The van der Waals surface area contributed by atoms with Gasteiger partial charge in [-0.3, -0.25) is 9.59 Å². The van der Waals surface area contributed by atoms with Gasteiger partial charge in [0.05, 0.1) is 34.0 Å². The van der Waals surface area contributed by atoms with E-state index >= 15 is 0 Å². The first-order chi connectivity index (χ1) is 16.0. The molecule has 2 aromatic carbocycles. The van der Waals surface area contributed by atoms with E-state index in [0.717, 1.165) is 23.7 Å². The number of aromatic nitrogens is 1. The first-order valence-corrected chi connectivity index (χ1v) is 10.9. The minimum absolute atomic E-state index is 0.0736. The van der Waals surface area contributed by atoms with Crippen LogP contribution >= 0.6 is 0 Å². The number of carbonyl (C=O) groups excluding carboxylic acids is 1. The van der Waals surface area contributed by atoms with Crippen LogP contribution in [0.1, 0.15) is 28.8 Å². The number of pyridine rings is 1. The van der Waals surface area contributed by atoms with Gasteiger partial charge in [0.2, 0.25) is 5.75 Å². The summed E-state index contributed by atoms with van der Waals surface area (Å²) in [5.74, 6) is 0.937. The van der Waals surface area contributed by atoms with Gasteiger partial charge in [-0.05, 0) is 42.5 Å². The molecule has 0 bridgehead atoms. The number of fused-ring (bicyclic) bond motifs is 1. The third kappa shape index (κ3) is 4.80. The maximum Gasteiger partial charge on any atom is 0.254 e. The second-order valence-corrected chi connectivity index (χ2v) is 7.95. The van der Waals surface area contributed by atoms with Crippen LogP contribution < -0.4 is 19.8 Å². The van der Waals surface area contributed by atoms with E-state index in [1.54, 1.807) is 17.0 Å². The van der Waals surface area contributed by atoms with Gasteiger partial charge < -0.3 is 28.8 Å². The van der Waals surface area contributed by atoms with Gasteiger partial charge in [0.25, 0.3) is 11.5 Å². The Morgan fingerprint density at radius 1 is 1.09 bits per heavy atom. The molecule has 0 unspecified atom stereocenters. The van der Waals surface area contributed by atoms with E-state index in [9.17, 15) is 9.59 Å². The van der Waals surface area contributed by atoms with Crippen LogP contribution in [0.5, 0.6) is 17.2 Å². The van der Waals surface area contributed by atoms with Crippen molar-refractivity contribution < 1.29 is 23.7 Å². The molecule has 1 saturated heterocycles. The molecule has 1 aliphatic rings. The van der Waals surface area contributed by atoms with Crippen molar-refractivity contribution in [2.75, 3.05) is 34.5 Å². The molecule has 1 atom stereocenters. The summed E-state index contributed by atoms with van der Waals surface area (Å²) < 4.78 is 22.0. The number of ether oxygens (including phenoxy) is 4. The van der Waals surface area contributed by atoms with Crippen molar-refractivity contribution in [1.29, 1.82) is 0 Å². The fraction of sp³-hybridized carbons (Fsp3) is 0.360. The van der Waals surface area contributed by atoms with Crippen molar-refractivity contribution >= 4 is 16.8 Å². The van der Waals surface area contributed by atoms with E-state index in [2.05, 4.69) is 4.98 Å². The van der Waals surface area contributed by atoms with E-state index in [1.807, 2.05) is 30.3 Å². The van der Waals surface area contributed by atoms with E-state index in [-0.39, 0.29) is 24.1 Å². The zero-order valence-corrected chi connectivity index (χ0v) is 19.1. The van der Waals surface area contributed by atoms with E-state index in [1.165, 1.54) is 21.3 Å². The zero-order valence-electron chi connectivity index (χ0n) is 19.1. The highest BCUT2D eigenvalue weighted by molar-refractivity contribution is 5.95. The van der Waals surface area contributed by atoms with Crippen molar-refractivity contribution in [2.24, 2.45) is 0 Å². The fourth-order valence-corrected chi connectivity index (χ4v) is 4.16. The third-order valence-corrected chi connectivity index (χ3v) is 5.84. The lowest BCUT2D eigenvalue weighted by molar-refractivity contribution is 0.0506. The summed E-state index contributed by atoms with van der Waals surface area (Å²) in [6.45, 7) is 1.20. The Morgan fingerprint density at radius 3 is 2.45 bits per heavy atom. The van der Waals surface area contributed by atoms with Crippen LogP contribution in [0, 0.1) is 0 Å². The molecule has 8 nitrogen and oxygen atoms in total. The number of benzene rings is 2. The lowest BCUT2D eigenvalue weighted by Crippen LogP contribution is -2.38. The SMILES string of the molecule is COc1cc(C(=O)N(Cc2cc3ccccc3[nH]c2=O)C[C@@H]2CCCO2)cc(OC)c1OC. The van der Waals surface area contributed by atoms with Gasteiger partial charge in [0, 0.05) is 29.8 Å². The van der Waals surface area contributed by atoms with Crippen LogP contribution in [0.2, 0.25) is 0 Å². The van der Waals surface area contributed by atoms with Crippen LogP contribution in [0.15, 0.2) is 47.3 Å². The number of amides is 1. The van der Waals surface area contributed by atoms with Gasteiger partial charge >= 0.3 is 0 Å². The van der Waals surface area contributed by atoms with Gasteiger partial charge in [-0.2, -0.15) is 0 Å². The molecular weight excluding hydrogens is 424 g/mol. The number of rotatable bonds is 8. The standard InChI is InChI=1S/C25H28N2O6/c1-30-21-12-17(13-22(31-2)23(21)32-3)25(29)27(15-19-8-6-10-33-19)14-18-11-16-7-4-5-9-20(16)26-24(18)28/h4-5,7,9,11-13,19H,6,8,10,14-15H2,1-3H3,(H,26,28)/t19-/m0/s1. The van der Waals surface area contributed by atoms with Crippen LogP contribution in [-0.2, 0) is 11.3 Å². The van der Waals surface area contributed by atoms with Crippen molar-refractivity contribution in [3.63, 3.8) is 0 Å². The largest absolute Gasteiger partial charge is 0.493 e. The minimum atomic E-state index is -0.252. The number of para-hydroxylation sites is 1. The lowest BCUT2D eigenvalue weighted by Gasteiger charge is -2.26. The normalized spacial score (nSPS) is 15.4. The minimum Gasteiger partial charge on any atom is -0.493 e. The van der Waals surface area contributed by atoms with Crippen LogP contribution in [0.4, 0.5) is 0 Å². The highest BCUT2D eigenvalue weighted by atomic mass is 16.5. The van der Waals surface area contributed by atoms with Crippen LogP contribution in [0.25, 0.3) is 10.9 Å². The predicted octanol–water partition coefficient (Wildman–Crippen LogP) is 3.38. The fourth-order valence-electron chi connectivity index (χ4n) is 4.16. The Morgan fingerprint density at radius 2 is 1.82 bits per heavy atom. The molecule has 3 aromatic rings. The first-order valence-electron chi connectivity index (χ1n) is 10.9. The Labute approximate surface area is 192 Å². The number of nitrogens with zero attached hydrogens (tertiary/aromatic N) is 1. The van der Waals surface area contributed by atoms with Crippen LogP contribution in [0.3, 0.4) is 0 Å². The molecule has 1 aromatic heterocycles. The quantitative estimate of drug-likeness (QED) is 0.564. The van der Waals surface area contributed by atoms with Gasteiger partial charge in [0.15, 0.2) is 11.5 Å². The van der Waals surface area contributed by atoms with Crippen molar-refractivity contribution in [3.05, 3.63) is 63.9 Å². The van der Waals surface area contributed by atoms with E-state index in [0.29, 0.717) is 41.5 Å². The van der Waals surface area contributed by atoms with Gasteiger partial charge in [-0.15, -0.1) is 0 Å². The predicted molar refractivity (Wildman–Crippen MR) is 124 cm³/mol. The van der Waals surface area contributed by atoms with E-state index < -0.39 is 0 Å². The van der Waals surface area contributed by atoms with E-state index in [4.69, 9.17) is 18.9 Å². The number of nitrogens with one attached hydrogen (secondary N) is 1. The molecule has 1 aliphatic heterocycles. The zero-order chi connectivity index (χ0) is 23.4. The molecular formula is C25H28N2O6. The number of aromatic amines is 1. The van der Waals surface area contributed by atoms with Crippen molar-refractivity contribution in [1.82, 2.24) is 9.88 Å². The molecule has 2 heterocycles. The van der Waals surface area contributed by atoms with Crippen molar-refractivity contribution in [3.8, 4) is 17.2 Å². The molecule has 0 saturated carbocycles. The molecule has 174 valence electrons. The Balaban J connectivity index is 1.71. The molecule has 1 amide bonds. The summed E-state index contributed by atoms with van der Waals surface area (Å²) in [7, 11) is 4.52. The summed E-state index contributed by atoms with van der Waals surface area (Å²) in [5.41, 5.74) is 1.42. The topological polar surface area (TPSA) is 90.1 Å². The maximum absolute atomic E-state index is 13.7. The highest BCUT2D eigenvalue weighted by Crippen LogP contribution is 2.38. The first kappa shape index (κ1) is 22.7. The molecule has 1 N–H and O–H groups in total. The third-order valence-electron chi connectivity index (χ3n) is 5.84. The summed E-state index contributed by atoms with van der Waals surface area (Å²) in [4.78, 5) is 31.0. The summed E-state index contributed by atoms with van der Waals surface area (Å²) >= 11 is 0. The molecule has 33 heavy (non-hydrogen) atoms. The van der Waals surface area contributed by atoms with Crippen molar-refractivity contribution in [2.45, 2.75) is 25.5 Å². The number of H-pyrrole nitrogens is 1. The Kier molecular flexibility index (Phi) is 6.84. The Hall–Kier alpha value is -3.52. The lowest BCUT2D eigenvalue weighted by atomic mass is 10.1. The second kappa shape index (κ2) is 9.95. The number of carbonyl (C=O) groups is 1. The maximum atomic E-state index is 13.7. The van der Waals surface area contributed by atoms with Gasteiger partial charge in [-0.25, -0.2) is 0 Å². The molecule has 0 aliphatic carbocycles. The second-order valence-electron chi connectivity index (χ2n) is 7.95. The summed E-state index contributed by atoms with van der Waals surface area (Å²) in [6, 6.07) is 12.6. The number of methoxy groups -OCH3 is 3. The smallest absolute Gasteiger partial charge is 0.254 e. The number of hydrogen-bond donors (Lipinski definition) is 1. The van der Waals surface area contributed by atoms with Crippen LogP contribution in [-0.4, -0.2) is 56.4 Å². The molecule has 0 spiro atoms. The monoisotopic (exact) mass is 452 g/mol. The highest BCUT2D eigenvalue weighted by Gasteiger charge is 2.26. The molecule has 8 heteroatoms. The van der Waals surface area contributed by atoms with Gasteiger partial charge in [0.1, 0.15) is 0 Å². The molecule has 0 radical (unpaired) electrons. The average Bonchev–Trinajstić information content (AvgIpc) is 3.35.